The topological polar surface area (TPSA) is 82.9 Å². The zero-order chi connectivity index (χ0) is 30.3. The van der Waals surface area contributed by atoms with E-state index < -0.39 is 10.0 Å². The Morgan fingerprint density at radius 3 is 2.02 bits per heavy atom. The van der Waals surface area contributed by atoms with Crippen LogP contribution in [0.1, 0.15) is 10.4 Å². The number of anilines is 2. The van der Waals surface area contributed by atoms with E-state index in [1.54, 1.807) is 6.07 Å². The van der Waals surface area contributed by atoms with Gasteiger partial charge in [0.25, 0.3) is 0 Å². The van der Waals surface area contributed by atoms with Crippen LogP contribution in [-0.4, -0.2) is 55.2 Å². The molecule has 0 spiro atoms. The number of benzene rings is 4. The normalized spacial score (nSPS) is 11.1. The molecule has 218 valence electrons. The maximum Gasteiger partial charge on any atom is 0.232 e. The summed E-state index contributed by atoms with van der Waals surface area (Å²) in [5.74, 6) is 0.455. The van der Waals surface area contributed by atoms with Gasteiger partial charge in [-0.1, -0.05) is 72.8 Å². The van der Waals surface area contributed by atoms with E-state index in [-0.39, 0.29) is 6.54 Å². The fraction of sp³-hybridized carbons (Fsp3) is 0.182. The molecule has 4 aromatic carbocycles. The summed E-state index contributed by atoms with van der Waals surface area (Å²) in [6, 6.07) is 30.7. The number of nitrogens with one attached hydrogen (secondary N) is 1. The fourth-order valence-corrected chi connectivity index (χ4v) is 5.80. The Hall–Kier alpha value is -3.97. The summed E-state index contributed by atoms with van der Waals surface area (Å²) in [4.78, 5) is 14.3. The lowest BCUT2D eigenvalue weighted by atomic mass is 9.99. The van der Waals surface area contributed by atoms with Gasteiger partial charge in [-0.05, 0) is 43.2 Å². The minimum Gasteiger partial charge on any atom is -0.455 e. The zero-order valence-corrected chi connectivity index (χ0v) is 26.2. The van der Waals surface area contributed by atoms with Crippen molar-refractivity contribution in [2.75, 3.05) is 49.7 Å². The van der Waals surface area contributed by atoms with Crippen molar-refractivity contribution in [3.05, 3.63) is 103 Å². The lowest BCUT2D eigenvalue weighted by molar-refractivity contribution is 0.112. The van der Waals surface area contributed by atoms with Crippen LogP contribution in [-0.2, 0) is 10.0 Å². The maximum absolute atomic E-state index is 13.2. The van der Waals surface area contributed by atoms with Crippen molar-refractivity contribution >= 4 is 53.2 Å². The Labute approximate surface area is 250 Å². The average Bonchev–Trinajstić information content (AvgIpc) is 3.35. The van der Waals surface area contributed by atoms with Gasteiger partial charge in [-0.25, -0.2) is 8.42 Å². The number of aldehydes is 1. The molecule has 0 radical (unpaired) electrons. The van der Waals surface area contributed by atoms with E-state index >= 15 is 0 Å². The summed E-state index contributed by atoms with van der Waals surface area (Å²) in [6.45, 7) is 0.688. The smallest absolute Gasteiger partial charge is 0.232 e. The van der Waals surface area contributed by atoms with Crippen LogP contribution < -0.4 is 19.8 Å². The minimum atomic E-state index is -3.67. The van der Waals surface area contributed by atoms with Gasteiger partial charge >= 0.3 is 0 Å². The van der Waals surface area contributed by atoms with Gasteiger partial charge in [0.2, 0.25) is 10.0 Å². The Balaban J connectivity index is 0.00000129. The molecule has 0 aliphatic carbocycles. The quantitative estimate of drug-likeness (QED) is 0.169. The molecule has 1 aromatic heterocycles. The van der Waals surface area contributed by atoms with E-state index in [2.05, 4.69) is 14.6 Å². The van der Waals surface area contributed by atoms with Gasteiger partial charge in [-0.3, -0.25) is 9.10 Å². The molecule has 5 rings (SSSR count). The van der Waals surface area contributed by atoms with E-state index in [1.165, 1.54) is 10.6 Å². The van der Waals surface area contributed by atoms with Crippen LogP contribution in [0, 0.1) is 0 Å². The van der Waals surface area contributed by atoms with Gasteiger partial charge in [0, 0.05) is 41.9 Å². The summed E-state index contributed by atoms with van der Waals surface area (Å²) in [7, 11) is 4.66. The molecule has 1 N–H and O–H groups in total. The number of rotatable bonds is 9. The van der Waals surface area contributed by atoms with Crippen molar-refractivity contribution in [1.82, 2.24) is 5.32 Å². The second kappa shape index (κ2) is 13.8. The molecule has 0 aliphatic rings. The highest BCUT2D eigenvalue weighted by molar-refractivity contribution is 7.92. The van der Waals surface area contributed by atoms with Gasteiger partial charge < -0.3 is 14.6 Å². The van der Waals surface area contributed by atoms with Crippen molar-refractivity contribution in [1.29, 1.82) is 0 Å². The fourth-order valence-electron chi connectivity index (χ4n) is 4.69. The first-order valence-corrected chi connectivity index (χ1v) is 15.9. The SMILES string of the molecule is CN(CCN(c1cc2oc(-c3ccc(P)cc3)c(C=O)c2cc1-c1ccccc1)S(C)(=O)=O)c1ccccc1.CNC. The zero-order valence-electron chi connectivity index (χ0n) is 24.2. The molecule has 7 nitrogen and oxygen atoms in total. The third-order valence-corrected chi connectivity index (χ3v) is 8.29. The van der Waals surface area contributed by atoms with E-state index in [0.717, 1.165) is 28.4 Å². The second-order valence-electron chi connectivity index (χ2n) is 9.91. The van der Waals surface area contributed by atoms with Gasteiger partial charge in [0.1, 0.15) is 11.3 Å². The van der Waals surface area contributed by atoms with Gasteiger partial charge in [-0.15, -0.1) is 9.24 Å². The van der Waals surface area contributed by atoms with Crippen LogP contribution in [0.3, 0.4) is 0 Å². The van der Waals surface area contributed by atoms with E-state index in [0.29, 0.717) is 40.1 Å². The summed E-state index contributed by atoms with van der Waals surface area (Å²) >= 11 is 0. The molecule has 5 aromatic rings. The van der Waals surface area contributed by atoms with Crippen molar-refractivity contribution in [2.24, 2.45) is 0 Å². The first kappa shape index (κ1) is 31.0. The first-order valence-electron chi connectivity index (χ1n) is 13.5. The lowest BCUT2D eigenvalue weighted by Gasteiger charge is -2.28. The number of nitrogens with zero attached hydrogens (tertiary/aromatic N) is 2. The summed E-state index contributed by atoms with van der Waals surface area (Å²) in [5, 5.41) is 4.40. The largest absolute Gasteiger partial charge is 0.455 e. The van der Waals surface area contributed by atoms with Crippen molar-refractivity contribution < 1.29 is 17.6 Å². The Morgan fingerprint density at radius 2 is 1.45 bits per heavy atom. The third kappa shape index (κ3) is 7.08. The van der Waals surface area contributed by atoms with Gasteiger partial charge in [0.05, 0.1) is 24.1 Å². The molecule has 0 saturated heterocycles. The molecule has 1 atom stereocenters. The first-order chi connectivity index (χ1) is 20.2. The van der Waals surface area contributed by atoms with Crippen LogP contribution in [0.5, 0.6) is 0 Å². The van der Waals surface area contributed by atoms with E-state index in [4.69, 9.17) is 4.42 Å². The molecule has 0 bridgehead atoms. The Bertz CT molecular complexity index is 1740. The maximum atomic E-state index is 13.2. The molecule has 9 heteroatoms. The van der Waals surface area contributed by atoms with Gasteiger partial charge in [-0.2, -0.15) is 0 Å². The number of likely N-dealkylation sites (N-methyl/N-ethyl adjacent to an activating group) is 1. The second-order valence-corrected chi connectivity index (χ2v) is 12.5. The molecular weight excluding hydrogens is 565 g/mol. The third-order valence-electron chi connectivity index (χ3n) is 6.72. The Morgan fingerprint density at radius 1 is 0.857 bits per heavy atom. The molecule has 0 fully saturated rings. The number of furan rings is 1. The average molecular weight is 602 g/mol. The molecule has 0 saturated carbocycles. The summed E-state index contributed by atoms with van der Waals surface area (Å²) in [6.07, 6.45) is 2.01. The molecular formula is C33H36N3O4PS. The predicted octanol–water partition coefficient (Wildman–Crippen LogP) is 5.82. The van der Waals surface area contributed by atoms with Crippen LogP contribution in [0.4, 0.5) is 11.4 Å². The monoisotopic (exact) mass is 601 g/mol. The molecule has 1 unspecified atom stereocenters. The van der Waals surface area contributed by atoms with Crippen LogP contribution >= 0.6 is 9.24 Å². The number of para-hydroxylation sites is 1. The van der Waals surface area contributed by atoms with Crippen LogP contribution in [0.2, 0.25) is 0 Å². The Kier molecular flexibility index (Phi) is 10.2. The van der Waals surface area contributed by atoms with E-state index in [1.807, 2.05) is 117 Å². The number of fused-ring (bicyclic) bond motifs is 1. The summed E-state index contributed by atoms with van der Waals surface area (Å²) < 4.78 is 34.1. The highest BCUT2D eigenvalue weighted by atomic mass is 32.2. The number of hydrogen-bond donors (Lipinski definition) is 1. The molecule has 0 aliphatic heterocycles. The van der Waals surface area contributed by atoms with Crippen LogP contribution in [0.25, 0.3) is 33.4 Å². The molecule has 0 amide bonds. The van der Waals surface area contributed by atoms with Gasteiger partial charge in [0.15, 0.2) is 6.29 Å². The van der Waals surface area contributed by atoms with Crippen molar-refractivity contribution in [3.8, 4) is 22.5 Å². The lowest BCUT2D eigenvalue weighted by Crippen LogP contribution is -2.37. The molecule has 42 heavy (non-hydrogen) atoms. The van der Waals surface area contributed by atoms with Crippen molar-refractivity contribution in [3.63, 3.8) is 0 Å². The highest BCUT2D eigenvalue weighted by Crippen LogP contribution is 2.41. The van der Waals surface area contributed by atoms with Crippen molar-refractivity contribution in [2.45, 2.75) is 0 Å². The summed E-state index contributed by atoms with van der Waals surface area (Å²) in [5.41, 5.74) is 4.68. The van der Waals surface area contributed by atoms with E-state index in [9.17, 15) is 13.2 Å². The molecule has 1 heterocycles. The number of carbonyl (C=O) groups excluding carboxylic acids is 1. The van der Waals surface area contributed by atoms with Crippen LogP contribution in [0.15, 0.2) is 101 Å². The minimum absolute atomic E-state index is 0.222. The standard InChI is InChI=1S/C31H29N2O4PS.C2H7N/c1-32(24-11-7-4-8-12-24)17-18-33(39(2,35)36)29-20-30-27(19-26(29)22-9-5-3-6-10-22)28(21-34)31(37-30)23-13-15-25(38)16-14-23;1-3-2/h3-16,19-21H,17-18,38H2,1-2H3;3H,1-2H3. The number of sulfonamides is 1. The predicted molar refractivity (Wildman–Crippen MR) is 179 cm³/mol. The highest BCUT2D eigenvalue weighted by Gasteiger charge is 2.25. The number of hydrogen-bond acceptors (Lipinski definition) is 6. The number of carbonyl (C=O) groups is 1.